The maximum Gasteiger partial charge on any atom is 0.243 e. The smallest absolute Gasteiger partial charge is 0.243 e. The predicted molar refractivity (Wildman–Crippen MR) is 198 cm³/mol. The molecule has 278 valence electrons. The van der Waals surface area contributed by atoms with Gasteiger partial charge in [-0.25, -0.2) is 0 Å². The molecule has 3 aliphatic rings. The summed E-state index contributed by atoms with van der Waals surface area (Å²) in [5, 5.41) is 27.9. The van der Waals surface area contributed by atoms with Gasteiger partial charge in [0.05, 0.1) is 18.1 Å². The number of rotatable bonds is 18. The summed E-state index contributed by atoms with van der Waals surface area (Å²) in [7, 11) is 1.81. The Labute approximate surface area is 301 Å². The van der Waals surface area contributed by atoms with Crippen LogP contribution < -0.4 is 10.6 Å². The van der Waals surface area contributed by atoms with Crippen molar-refractivity contribution in [2.45, 2.75) is 128 Å². The second-order valence-corrected chi connectivity index (χ2v) is 16.0. The lowest BCUT2D eigenvalue weighted by molar-refractivity contribution is -0.137. The molecule has 0 radical (unpaired) electrons. The Balaban J connectivity index is 1.41. The summed E-state index contributed by atoms with van der Waals surface area (Å²) >= 11 is 0. The Morgan fingerprint density at radius 2 is 1.58 bits per heavy atom. The molecule has 4 rings (SSSR count). The zero-order valence-electron chi connectivity index (χ0n) is 30.9. The number of benzene rings is 1. The summed E-state index contributed by atoms with van der Waals surface area (Å²) in [6, 6.07) is 7.89. The maximum absolute atomic E-state index is 13.9. The maximum atomic E-state index is 13.9. The minimum atomic E-state index is -1.14. The van der Waals surface area contributed by atoms with Crippen LogP contribution in [0.1, 0.15) is 103 Å². The lowest BCUT2D eigenvalue weighted by atomic mass is 9.82. The van der Waals surface area contributed by atoms with Crippen LogP contribution in [-0.4, -0.2) is 95.3 Å². The molecule has 9 nitrogen and oxygen atoms in total. The van der Waals surface area contributed by atoms with E-state index in [-0.39, 0.29) is 24.7 Å². The first-order chi connectivity index (χ1) is 24.0. The summed E-state index contributed by atoms with van der Waals surface area (Å²) < 4.78 is 0. The van der Waals surface area contributed by atoms with Crippen LogP contribution in [0.25, 0.3) is 0 Å². The minimum Gasteiger partial charge on any atom is -0.390 e. The van der Waals surface area contributed by atoms with Crippen LogP contribution >= 0.6 is 0 Å². The quantitative estimate of drug-likeness (QED) is 0.168. The van der Waals surface area contributed by atoms with Crippen molar-refractivity contribution in [1.82, 2.24) is 20.4 Å². The molecule has 1 heterocycles. The van der Waals surface area contributed by atoms with E-state index in [0.29, 0.717) is 31.7 Å². The van der Waals surface area contributed by atoms with Gasteiger partial charge in [-0.1, -0.05) is 89.1 Å². The van der Waals surface area contributed by atoms with Crippen LogP contribution in [0.15, 0.2) is 30.3 Å². The Kier molecular flexibility index (Phi) is 16.1. The van der Waals surface area contributed by atoms with Crippen LogP contribution in [0.5, 0.6) is 0 Å². The van der Waals surface area contributed by atoms with Crippen molar-refractivity contribution >= 4 is 17.7 Å². The molecular formula is C41H64N4O5. The number of hydrogen-bond donors (Lipinski definition) is 4. The summed E-state index contributed by atoms with van der Waals surface area (Å²) in [6.07, 6.45) is 15.6. The molecule has 4 N–H and O–H groups in total. The van der Waals surface area contributed by atoms with Gasteiger partial charge >= 0.3 is 0 Å². The van der Waals surface area contributed by atoms with E-state index in [1.165, 1.54) is 32.1 Å². The number of carbonyl (C=O) groups excluding carboxylic acids is 3. The topological polar surface area (TPSA) is 122 Å². The van der Waals surface area contributed by atoms with E-state index in [1.807, 2.05) is 51.2 Å². The standard InChI is InChI=1S/C41H64N4O5/c1-5-14-35(41(50)43-36(25-31-17-10-7-11-18-31)39(48)37(46)23-29(2)3)42-40(49)34(24-30-15-8-6-9-16-30)26-38(47)44(4)21-22-45-27-32-19-12-13-20-33(32)28-45/h1,6,8-9,15-16,29,31-37,39,46,48H,7,10-14,17-28H2,2-4H3,(H,42,49)(H,43,50)/t32?,33?,34-,35+,36+,37+,39-/m1/s1. The van der Waals surface area contributed by atoms with Gasteiger partial charge in [-0.2, -0.15) is 0 Å². The van der Waals surface area contributed by atoms with Gasteiger partial charge in [0.25, 0.3) is 0 Å². The van der Waals surface area contributed by atoms with Crippen molar-refractivity contribution in [3.05, 3.63) is 35.9 Å². The Hall–Kier alpha value is -2.93. The number of likely N-dealkylation sites (tertiary alicyclic amines) is 1. The molecule has 7 atom stereocenters. The van der Waals surface area contributed by atoms with Crippen molar-refractivity contribution in [2.24, 2.45) is 29.6 Å². The zero-order valence-corrected chi connectivity index (χ0v) is 30.9. The van der Waals surface area contributed by atoms with Gasteiger partial charge in [0, 0.05) is 46.1 Å². The van der Waals surface area contributed by atoms with Gasteiger partial charge in [0.15, 0.2) is 0 Å². The molecule has 0 aromatic heterocycles. The van der Waals surface area contributed by atoms with Crippen molar-refractivity contribution in [3.8, 4) is 12.3 Å². The number of nitrogens with one attached hydrogen (secondary N) is 2. The fraction of sp³-hybridized carbons (Fsp3) is 0.732. The van der Waals surface area contributed by atoms with E-state index in [2.05, 4.69) is 21.5 Å². The highest BCUT2D eigenvalue weighted by atomic mass is 16.3. The summed E-state index contributed by atoms with van der Waals surface area (Å²) in [5.74, 6) is 2.91. The number of aliphatic hydroxyl groups excluding tert-OH is 2. The van der Waals surface area contributed by atoms with Crippen LogP contribution in [0.3, 0.4) is 0 Å². The average Bonchev–Trinajstić information content (AvgIpc) is 3.53. The van der Waals surface area contributed by atoms with Gasteiger partial charge in [-0.3, -0.25) is 14.4 Å². The molecule has 2 saturated carbocycles. The molecule has 3 amide bonds. The summed E-state index contributed by atoms with van der Waals surface area (Å²) in [6.45, 7) is 7.62. The normalized spacial score (nSPS) is 22.8. The van der Waals surface area contributed by atoms with E-state index >= 15 is 0 Å². The number of likely N-dealkylation sites (N-methyl/N-ethyl adjacent to an activating group) is 1. The minimum absolute atomic E-state index is 0.0112. The monoisotopic (exact) mass is 692 g/mol. The molecule has 1 aromatic carbocycles. The first-order valence-electron chi connectivity index (χ1n) is 19.4. The number of amides is 3. The van der Waals surface area contributed by atoms with E-state index in [9.17, 15) is 24.6 Å². The predicted octanol–water partition coefficient (Wildman–Crippen LogP) is 4.55. The third-order valence-electron chi connectivity index (χ3n) is 11.5. The molecule has 1 aromatic rings. The number of nitrogens with zero attached hydrogens (tertiary/aromatic N) is 2. The highest BCUT2D eigenvalue weighted by Crippen LogP contribution is 2.36. The molecule has 9 heteroatoms. The third-order valence-corrected chi connectivity index (χ3v) is 11.5. The fourth-order valence-electron chi connectivity index (χ4n) is 8.48. The first-order valence-corrected chi connectivity index (χ1v) is 19.4. The number of terminal acetylenes is 1. The first kappa shape index (κ1) is 39.8. The van der Waals surface area contributed by atoms with Crippen LogP contribution in [-0.2, 0) is 20.8 Å². The van der Waals surface area contributed by atoms with Gasteiger partial charge in [0.1, 0.15) is 12.1 Å². The number of fused-ring (bicyclic) bond motifs is 1. The fourth-order valence-corrected chi connectivity index (χ4v) is 8.48. The Morgan fingerprint density at radius 3 is 2.20 bits per heavy atom. The number of aliphatic hydroxyl groups is 2. The SMILES string of the molecule is C#CC[C@H](NC(=O)[C@@H](CC(=O)N(C)CCN1CC2CCCCC2C1)Cc1ccccc1)C(=O)N[C@@H](CC1CCCCC1)[C@@H](O)[C@@H](O)CC(C)C. The molecule has 3 fully saturated rings. The van der Waals surface area contributed by atoms with Crippen LogP contribution in [0.4, 0.5) is 0 Å². The Bertz CT molecular complexity index is 1230. The largest absolute Gasteiger partial charge is 0.390 e. The second-order valence-electron chi connectivity index (χ2n) is 16.0. The summed E-state index contributed by atoms with van der Waals surface area (Å²) in [4.78, 5) is 45.5. The van der Waals surface area contributed by atoms with Crippen molar-refractivity contribution in [1.29, 1.82) is 0 Å². The van der Waals surface area contributed by atoms with Crippen molar-refractivity contribution < 1.29 is 24.6 Å². The lowest BCUT2D eigenvalue weighted by Gasteiger charge is -2.33. The number of hydrogen-bond acceptors (Lipinski definition) is 6. The average molecular weight is 693 g/mol. The molecule has 0 spiro atoms. The second kappa shape index (κ2) is 20.2. The van der Waals surface area contributed by atoms with E-state index in [4.69, 9.17) is 6.42 Å². The molecule has 1 aliphatic heterocycles. The molecule has 2 unspecified atom stereocenters. The third kappa shape index (κ3) is 12.4. The van der Waals surface area contributed by atoms with E-state index in [1.54, 1.807) is 4.90 Å². The van der Waals surface area contributed by atoms with E-state index < -0.39 is 42.0 Å². The summed E-state index contributed by atoms with van der Waals surface area (Å²) in [5.41, 5.74) is 0.926. The molecule has 50 heavy (non-hydrogen) atoms. The molecule has 2 aliphatic carbocycles. The molecule has 1 saturated heterocycles. The van der Waals surface area contributed by atoms with Gasteiger partial charge in [-0.05, 0) is 61.3 Å². The number of carbonyl (C=O) groups is 3. The van der Waals surface area contributed by atoms with Crippen molar-refractivity contribution in [2.75, 3.05) is 33.2 Å². The molecular weight excluding hydrogens is 628 g/mol. The van der Waals surface area contributed by atoms with Gasteiger partial charge in [0.2, 0.25) is 17.7 Å². The van der Waals surface area contributed by atoms with Crippen LogP contribution in [0.2, 0.25) is 0 Å². The Morgan fingerprint density at radius 1 is 0.940 bits per heavy atom. The van der Waals surface area contributed by atoms with Gasteiger partial charge in [-0.15, -0.1) is 12.3 Å². The highest BCUT2D eigenvalue weighted by molar-refractivity contribution is 5.91. The lowest BCUT2D eigenvalue weighted by Crippen LogP contribution is -2.56. The highest BCUT2D eigenvalue weighted by Gasteiger charge is 2.36. The molecule has 0 bridgehead atoms. The zero-order chi connectivity index (χ0) is 36.0. The van der Waals surface area contributed by atoms with Crippen molar-refractivity contribution in [3.63, 3.8) is 0 Å². The van der Waals surface area contributed by atoms with E-state index in [0.717, 1.165) is 62.7 Å². The van der Waals surface area contributed by atoms with Gasteiger partial charge < -0.3 is 30.6 Å². The van der Waals surface area contributed by atoms with Crippen LogP contribution in [0, 0.1) is 41.9 Å².